The molecule has 8 heteroatoms. The fourth-order valence-corrected chi connectivity index (χ4v) is 4.04. The molecule has 1 aliphatic rings. The van der Waals surface area contributed by atoms with Crippen LogP contribution in [0, 0.1) is 6.92 Å². The molecule has 0 saturated heterocycles. The van der Waals surface area contributed by atoms with Crippen molar-refractivity contribution < 1.29 is 14.7 Å². The van der Waals surface area contributed by atoms with Crippen LogP contribution in [0.2, 0.25) is 0 Å². The van der Waals surface area contributed by atoms with E-state index in [1.807, 2.05) is 30.3 Å². The SMILES string of the molecule is Cc1c(C(=O)NC2(C(=O)O)CCCCCC2)nnn1-c1cccc2ncccc12. The fraction of sp³-hybridized carbons (Fsp3) is 0.381. The van der Waals surface area contributed by atoms with Crippen molar-refractivity contribution in [2.45, 2.75) is 51.0 Å². The van der Waals surface area contributed by atoms with Crippen LogP contribution in [0.5, 0.6) is 0 Å². The second-order valence-electron chi connectivity index (χ2n) is 7.54. The number of hydrogen-bond donors (Lipinski definition) is 2. The minimum absolute atomic E-state index is 0.135. The number of carboxylic acid groups (broad SMARTS) is 1. The van der Waals surface area contributed by atoms with Crippen LogP contribution in [-0.2, 0) is 4.79 Å². The van der Waals surface area contributed by atoms with Gasteiger partial charge in [0, 0.05) is 11.6 Å². The summed E-state index contributed by atoms with van der Waals surface area (Å²) < 4.78 is 1.60. The van der Waals surface area contributed by atoms with Crippen LogP contribution < -0.4 is 5.32 Å². The van der Waals surface area contributed by atoms with Crippen molar-refractivity contribution in [2.75, 3.05) is 0 Å². The summed E-state index contributed by atoms with van der Waals surface area (Å²) >= 11 is 0. The van der Waals surface area contributed by atoms with Gasteiger partial charge in [0.2, 0.25) is 0 Å². The molecule has 0 aliphatic heterocycles. The number of pyridine rings is 1. The zero-order valence-electron chi connectivity index (χ0n) is 16.3. The van der Waals surface area contributed by atoms with E-state index in [1.54, 1.807) is 17.8 Å². The number of benzene rings is 1. The van der Waals surface area contributed by atoms with Crippen molar-refractivity contribution in [3.8, 4) is 5.69 Å². The zero-order chi connectivity index (χ0) is 20.4. The molecule has 0 spiro atoms. The second kappa shape index (κ2) is 7.62. The number of fused-ring (bicyclic) bond motifs is 1. The van der Waals surface area contributed by atoms with Crippen molar-refractivity contribution in [3.05, 3.63) is 47.9 Å². The second-order valence-corrected chi connectivity index (χ2v) is 7.54. The van der Waals surface area contributed by atoms with E-state index in [9.17, 15) is 14.7 Å². The molecule has 29 heavy (non-hydrogen) atoms. The number of rotatable bonds is 4. The Morgan fingerprint density at radius 1 is 1.10 bits per heavy atom. The summed E-state index contributed by atoms with van der Waals surface area (Å²) in [6, 6.07) is 9.44. The lowest BCUT2D eigenvalue weighted by Crippen LogP contribution is -2.54. The molecule has 2 N–H and O–H groups in total. The molecule has 4 rings (SSSR count). The van der Waals surface area contributed by atoms with Crippen LogP contribution >= 0.6 is 0 Å². The summed E-state index contributed by atoms with van der Waals surface area (Å²) in [7, 11) is 0. The molecular weight excluding hydrogens is 370 g/mol. The first-order valence-electron chi connectivity index (χ1n) is 9.84. The van der Waals surface area contributed by atoms with Gasteiger partial charge in [0.1, 0.15) is 5.54 Å². The smallest absolute Gasteiger partial charge is 0.329 e. The van der Waals surface area contributed by atoms with Gasteiger partial charge in [-0.05, 0) is 44.0 Å². The van der Waals surface area contributed by atoms with Gasteiger partial charge in [-0.15, -0.1) is 5.10 Å². The molecule has 0 atom stereocenters. The summed E-state index contributed by atoms with van der Waals surface area (Å²) in [6.45, 7) is 1.75. The number of nitrogens with one attached hydrogen (secondary N) is 1. The van der Waals surface area contributed by atoms with Crippen LogP contribution in [-0.4, -0.2) is 42.5 Å². The van der Waals surface area contributed by atoms with E-state index in [4.69, 9.17) is 0 Å². The summed E-state index contributed by atoms with van der Waals surface area (Å²) in [5, 5.41) is 21.7. The fourth-order valence-electron chi connectivity index (χ4n) is 4.04. The molecule has 1 aromatic carbocycles. The third-order valence-electron chi connectivity index (χ3n) is 5.68. The first kappa shape index (κ1) is 19.0. The molecule has 2 heterocycles. The van der Waals surface area contributed by atoms with Crippen LogP contribution in [0.3, 0.4) is 0 Å². The maximum absolute atomic E-state index is 13.0. The normalized spacial score (nSPS) is 16.3. The van der Waals surface area contributed by atoms with Gasteiger partial charge in [-0.2, -0.15) is 0 Å². The third kappa shape index (κ3) is 3.46. The predicted molar refractivity (Wildman–Crippen MR) is 107 cm³/mol. The molecule has 8 nitrogen and oxygen atoms in total. The Morgan fingerprint density at radius 2 is 1.86 bits per heavy atom. The highest BCUT2D eigenvalue weighted by atomic mass is 16.4. The van der Waals surface area contributed by atoms with Gasteiger partial charge in [-0.1, -0.05) is 37.0 Å². The summed E-state index contributed by atoms with van der Waals surface area (Å²) in [5.74, 6) is -1.49. The number of amides is 1. The molecule has 1 amide bonds. The van der Waals surface area contributed by atoms with Crippen LogP contribution in [0.1, 0.15) is 54.7 Å². The Hall–Kier alpha value is -3.29. The highest BCUT2D eigenvalue weighted by Gasteiger charge is 2.41. The molecule has 0 radical (unpaired) electrons. The first-order chi connectivity index (χ1) is 14.0. The molecule has 1 aliphatic carbocycles. The maximum atomic E-state index is 13.0. The van der Waals surface area contributed by atoms with Crippen LogP contribution in [0.15, 0.2) is 36.5 Å². The summed E-state index contributed by atoms with van der Waals surface area (Å²) in [4.78, 5) is 29.3. The molecule has 1 fully saturated rings. The number of hydrogen-bond acceptors (Lipinski definition) is 5. The quantitative estimate of drug-likeness (QED) is 0.659. The van der Waals surface area contributed by atoms with Gasteiger partial charge in [-0.25, -0.2) is 9.48 Å². The predicted octanol–water partition coefficient (Wildman–Crippen LogP) is 3.03. The number of nitrogens with zero attached hydrogens (tertiary/aromatic N) is 4. The minimum Gasteiger partial charge on any atom is -0.480 e. The Kier molecular flexibility index (Phi) is 5.00. The van der Waals surface area contributed by atoms with Crippen LogP contribution in [0.25, 0.3) is 16.6 Å². The first-order valence-corrected chi connectivity index (χ1v) is 9.84. The third-order valence-corrected chi connectivity index (χ3v) is 5.68. The van der Waals surface area contributed by atoms with E-state index >= 15 is 0 Å². The van der Waals surface area contributed by atoms with Crippen molar-refractivity contribution in [1.82, 2.24) is 25.3 Å². The number of aliphatic carboxylic acids is 1. The summed E-state index contributed by atoms with van der Waals surface area (Å²) in [6.07, 6.45) is 6.09. The Balaban J connectivity index is 1.67. The van der Waals surface area contributed by atoms with Crippen molar-refractivity contribution in [2.24, 2.45) is 0 Å². The van der Waals surface area contributed by atoms with Gasteiger partial charge < -0.3 is 10.4 Å². The molecule has 0 bridgehead atoms. The number of aromatic nitrogens is 4. The van der Waals surface area contributed by atoms with Gasteiger partial charge in [-0.3, -0.25) is 9.78 Å². The lowest BCUT2D eigenvalue weighted by molar-refractivity contribution is -0.145. The molecule has 2 aromatic heterocycles. The Labute approximate surface area is 167 Å². The molecule has 1 saturated carbocycles. The zero-order valence-corrected chi connectivity index (χ0v) is 16.3. The average Bonchev–Trinajstić information content (AvgIpc) is 2.94. The molecular formula is C21H23N5O3. The van der Waals surface area contributed by atoms with Crippen LogP contribution in [0.4, 0.5) is 0 Å². The van der Waals surface area contributed by atoms with Crippen molar-refractivity contribution in [1.29, 1.82) is 0 Å². The van der Waals surface area contributed by atoms with Gasteiger partial charge >= 0.3 is 5.97 Å². The Morgan fingerprint density at radius 3 is 2.59 bits per heavy atom. The molecule has 0 unspecified atom stereocenters. The Bertz CT molecular complexity index is 1060. The monoisotopic (exact) mass is 393 g/mol. The topological polar surface area (TPSA) is 110 Å². The van der Waals surface area contributed by atoms with Gasteiger partial charge in [0.05, 0.1) is 16.9 Å². The average molecular weight is 393 g/mol. The standard InChI is InChI=1S/C21H23N5O3/c1-14-18(19(27)23-21(20(28)29)11-4-2-3-5-12-21)24-25-26(14)17-10-6-9-16-15(17)8-7-13-22-16/h6-10,13H,2-5,11-12H2,1H3,(H,23,27)(H,28,29). The largest absolute Gasteiger partial charge is 0.480 e. The van der Waals surface area contributed by atoms with Crippen molar-refractivity contribution in [3.63, 3.8) is 0 Å². The van der Waals surface area contributed by atoms with E-state index in [0.29, 0.717) is 18.5 Å². The minimum atomic E-state index is -1.24. The highest BCUT2D eigenvalue weighted by Crippen LogP contribution is 2.28. The van der Waals surface area contributed by atoms with E-state index in [-0.39, 0.29) is 5.69 Å². The number of carbonyl (C=O) groups excluding carboxylic acids is 1. The number of carboxylic acids is 1. The van der Waals surface area contributed by atoms with E-state index in [2.05, 4.69) is 20.6 Å². The van der Waals surface area contributed by atoms with E-state index in [1.165, 1.54) is 0 Å². The van der Waals surface area contributed by atoms with Crippen molar-refractivity contribution >= 4 is 22.8 Å². The lowest BCUT2D eigenvalue weighted by atomic mass is 9.90. The maximum Gasteiger partial charge on any atom is 0.329 e. The molecule has 3 aromatic rings. The van der Waals surface area contributed by atoms with Gasteiger partial charge in [0.15, 0.2) is 5.69 Å². The number of carbonyl (C=O) groups is 2. The summed E-state index contributed by atoms with van der Waals surface area (Å²) in [5.41, 5.74) is 1.02. The van der Waals surface area contributed by atoms with Gasteiger partial charge in [0.25, 0.3) is 5.91 Å². The van der Waals surface area contributed by atoms with E-state index < -0.39 is 17.4 Å². The lowest BCUT2D eigenvalue weighted by Gasteiger charge is -2.28. The molecule has 150 valence electrons. The van der Waals surface area contributed by atoms with E-state index in [0.717, 1.165) is 42.3 Å². The highest BCUT2D eigenvalue weighted by molar-refractivity contribution is 5.97.